The van der Waals surface area contributed by atoms with Gasteiger partial charge < -0.3 is 0 Å². The standard InChI is InChI=1S/C18H27N2/c1-4-5-9-12-19-13-14-20(18(19)16(2)3)15-17-10-7-6-8-11-17/h6-8,10-11,13-14,16H,4-5,9,12,15H2,1-3H3/q+1. The lowest BCUT2D eigenvalue weighted by atomic mass is 10.1. The maximum absolute atomic E-state index is 2.43. The molecule has 0 aliphatic rings. The fourth-order valence-electron chi connectivity index (χ4n) is 2.78. The Hall–Kier alpha value is -1.57. The molecular weight excluding hydrogens is 244 g/mol. The average Bonchev–Trinajstić information content (AvgIpc) is 2.83. The molecule has 0 aliphatic carbocycles. The third-order valence-electron chi connectivity index (χ3n) is 3.73. The molecule has 0 aliphatic heterocycles. The molecule has 0 spiro atoms. The van der Waals surface area contributed by atoms with Crippen molar-refractivity contribution in [2.24, 2.45) is 0 Å². The van der Waals surface area contributed by atoms with E-state index in [2.05, 4.69) is 72.6 Å². The van der Waals surface area contributed by atoms with Crippen molar-refractivity contribution in [3.05, 3.63) is 54.1 Å². The van der Waals surface area contributed by atoms with Crippen LogP contribution in [0.25, 0.3) is 0 Å². The number of imidazole rings is 1. The van der Waals surface area contributed by atoms with Gasteiger partial charge in [-0.15, -0.1) is 0 Å². The van der Waals surface area contributed by atoms with Gasteiger partial charge in [0.1, 0.15) is 18.9 Å². The summed E-state index contributed by atoms with van der Waals surface area (Å²) in [7, 11) is 0. The van der Waals surface area contributed by atoms with E-state index >= 15 is 0 Å². The SMILES string of the molecule is CCCCC[n+]1ccn(Cc2ccccc2)c1C(C)C. The summed E-state index contributed by atoms with van der Waals surface area (Å²) in [5.41, 5.74) is 1.37. The zero-order chi connectivity index (χ0) is 14.4. The first-order valence-corrected chi connectivity index (χ1v) is 7.84. The van der Waals surface area contributed by atoms with E-state index < -0.39 is 0 Å². The predicted octanol–water partition coefficient (Wildman–Crippen LogP) is 4.14. The van der Waals surface area contributed by atoms with Crippen LogP contribution in [0, 0.1) is 0 Å². The third-order valence-corrected chi connectivity index (χ3v) is 3.73. The predicted molar refractivity (Wildman–Crippen MR) is 83.8 cm³/mol. The molecular formula is C18H27N2+. The van der Waals surface area contributed by atoms with Crippen LogP contribution in [0.3, 0.4) is 0 Å². The van der Waals surface area contributed by atoms with E-state index in [0.29, 0.717) is 5.92 Å². The molecule has 0 atom stereocenters. The molecule has 1 aromatic heterocycles. The van der Waals surface area contributed by atoms with Gasteiger partial charge in [-0.2, -0.15) is 0 Å². The van der Waals surface area contributed by atoms with Gasteiger partial charge in [0.05, 0.1) is 12.5 Å². The van der Waals surface area contributed by atoms with Gasteiger partial charge in [-0.3, -0.25) is 0 Å². The fourth-order valence-corrected chi connectivity index (χ4v) is 2.78. The summed E-state index contributed by atoms with van der Waals surface area (Å²) in [5, 5.41) is 0. The molecule has 2 heteroatoms. The van der Waals surface area contributed by atoms with E-state index in [4.69, 9.17) is 0 Å². The minimum atomic E-state index is 0.551. The number of nitrogens with zero attached hydrogens (tertiary/aromatic N) is 2. The Kier molecular flexibility index (Phi) is 5.40. The molecule has 1 heterocycles. The zero-order valence-electron chi connectivity index (χ0n) is 13.0. The van der Waals surface area contributed by atoms with Gasteiger partial charge in [-0.1, -0.05) is 57.5 Å². The number of aromatic nitrogens is 2. The van der Waals surface area contributed by atoms with E-state index in [-0.39, 0.29) is 0 Å². The van der Waals surface area contributed by atoms with E-state index in [1.54, 1.807) is 0 Å². The van der Waals surface area contributed by atoms with Gasteiger partial charge in [0.2, 0.25) is 0 Å². The average molecular weight is 271 g/mol. The van der Waals surface area contributed by atoms with Crippen LogP contribution >= 0.6 is 0 Å². The molecule has 108 valence electrons. The number of benzene rings is 1. The Morgan fingerprint density at radius 3 is 2.50 bits per heavy atom. The highest BCUT2D eigenvalue weighted by atomic mass is 15.1. The van der Waals surface area contributed by atoms with Crippen molar-refractivity contribution in [3.8, 4) is 0 Å². The summed E-state index contributed by atoms with van der Waals surface area (Å²) >= 11 is 0. The molecule has 0 amide bonds. The number of unbranched alkanes of at least 4 members (excludes halogenated alkanes) is 2. The van der Waals surface area contributed by atoms with Crippen molar-refractivity contribution >= 4 is 0 Å². The van der Waals surface area contributed by atoms with Gasteiger partial charge in [-0.05, 0) is 18.4 Å². The molecule has 0 N–H and O–H groups in total. The van der Waals surface area contributed by atoms with E-state index in [9.17, 15) is 0 Å². The van der Waals surface area contributed by atoms with E-state index in [0.717, 1.165) is 13.1 Å². The van der Waals surface area contributed by atoms with Crippen molar-refractivity contribution in [3.63, 3.8) is 0 Å². The van der Waals surface area contributed by atoms with E-state index in [1.807, 2.05) is 0 Å². The van der Waals surface area contributed by atoms with Gasteiger partial charge in [0.15, 0.2) is 0 Å². The number of hydrogen-bond acceptors (Lipinski definition) is 0. The minimum absolute atomic E-state index is 0.551. The van der Waals surface area contributed by atoms with Crippen molar-refractivity contribution < 1.29 is 4.57 Å². The molecule has 2 rings (SSSR count). The Labute approximate surface area is 123 Å². The minimum Gasteiger partial charge on any atom is -0.234 e. The fraction of sp³-hybridized carbons (Fsp3) is 0.500. The molecule has 0 saturated heterocycles. The highest BCUT2D eigenvalue weighted by Crippen LogP contribution is 2.13. The molecule has 1 aromatic carbocycles. The molecule has 2 nitrogen and oxygen atoms in total. The first kappa shape index (κ1) is 14.8. The van der Waals surface area contributed by atoms with Crippen molar-refractivity contribution in [1.29, 1.82) is 0 Å². The summed E-state index contributed by atoms with van der Waals surface area (Å²) in [6.07, 6.45) is 8.34. The third kappa shape index (κ3) is 3.72. The Balaban J connectivity index is 2.16. The van der Waals surface area contributed by atoms with Gasteiger partial charge >= 0.3 is 0 Å². The number of rotatable bonds is 7. The molecule has 20 heavy (non-hydrogen) atoms. The molecule has 0 unspecified atom stereocenters. The van der Waals surface area contributed by atoms with Gasteiger partial charge in [-0.25, -0.2) is 9.13 Å². The Morgan fingerprint density at radius 2 is 1.85 bits per heavy atom. The molecule has 0 fully saturated rings. The lowest BCUT2D eigenvalue weighted by Gasteiger charge is -2.08. The van der Waals surface area contributed by atoms with Crippen molar-refractivity contribution in [1.82, 2.24) is 4.57 Å². The van der Waals surface area contributed by atoms with Crippen LogP contribution in [-0.4, -0.2) is 4.57 Å². The topological polar surface area (TPSA) is 8.81 Å². The molecule has 2 aromatic rings. The summed E-state index contributed by atoms with van der Waals surface area (Å²) in [5.74, 6) is 1.99. The summed E-state index contributed by atoms with van der Waals surface area (Å²) < 4.78 is 4.83. The largest absolute Gasteiger partial charge is 0.259 e. The maximum atomic E-state index is 2.43. The van der Waals surface area contributed by atoms with Gasteiger partial charge in [0.25, 0.3) is 5.82 Å². The summed E-state index contributed by atoms with van der Waals surface area (Å²) in [6, 6.07) is 10.7. The van der Waals surface area contributed by atoms with E-state index in [1.165, 1.54) is 30.7 Å². The second-order valence-corrected chi connectivity index (χ2v) is 5.83. The van der Waals surface area contributed by atoms with Crippen LogP contribution in [0.15, 0.2) is 42.7 Å². The molecule has 0 bridgehead atoms. The molecule has 0 saturated carbocycles. The highest BCUT2D eigenvalue weighted by molar-refractivity contribution is 5.15. The quantitative estimate of drug-likeness (QED) is 0.529. The zero-order valence-corrected chi connectivity index (χ0v) is 13.0. The van der Waals surface area contributed by atoms with Crippen LogP contribution in [0.4, 0.5) is 0 Å². The van der Waals surface area contributed by atoms with Crippen molar-refractivity contribution in [2.75, 3.05) is 0 Å². The van der Waals surface area contributed by atoms with Crippen molar-refractivity contribution in [2.45, 2.75) is 59.0 Å². The smallest absolute Gasteiger partial charge is 0.234 e. The number of aryl methyl sites for hydroxylation is 1. The summed E-state index contributed by atoms with van der Waals surface area (Å²) in [4.78, 5) is 0. The Morgan fingerprint density at radius 1 is 1.10 bits per heavy atom. The van der Waals surface area contributed by atoms with Gasteiger partial charge in [0, 0.05) is 0 Å². The monoisotopic (exact) mass is 271 g/mol. The van der Waals surface area contributed by atoms with Crippen LogP contribution < -0.4 is 4.57 Å². The maximum Gasteiger partial charge on any atom is 0.259 e. The van der Waals surface area contributed by atoms with Crippen LogP contribution in [0.1, 0.15) is 57.3 Å². The lowest BCUT2D eigenvalue weighted by Crippen LogP contribution is -2.38. The van der Waals surface area contributed by atoms with Crippen LogP contribution in [0.2, 0.25) is 0 Å². The highest BCUT2D eigenvalue weighted by Gasteiger charge is 2.20. The lowest BCUT2D eigenvalue weighted by molar-refractivity contribution is -0.705. The second kappa shape index (κ2) is 7.28. The second-order valence-electron chi connectivity index (χ2n) is 5.83. The first-order valence-electron chi connectivity index (χ1n) is 7.84. The Bertz CT molecular complexity index is 511. The first-order chi connectivity index (χ1) is 9.72. The molecule has 0 radical (unpaired) electrons. The van der Waals surface area contributed by atoms with Crippen LogP contribution in [-0.2, 0) is 13.1 Å². The number of hydrogen-bond donors (Lipinski definition) is 0. The normalized spacial score (nSPS) is 11.2. The summed E-state index contributed by atoms with van der Waals surface area (Å²) in [6.45, 7) is 8.94. The van der Waals surface area contributed by atoms with Crippen LogP contribution in [0.5, 0.6) is 0 Å².